The Kier molecular flexibility index (Phi) is 8.93. The van der Waals surface area contributed by atoms with E-state index in [9.17, 15) is 35.9 Å². The number of rotatable bonds is 6. The lowest BCUT2D eigenvalue weighted by atomic mass is 9.72. The maximum atomic E-state index is 15.5. The van der Waals surface area contributed by atoms with E-state index in [2.05, 4.69) is 0 Å². The summed E-state index contributed by atoms with van der Waals surface area (Å²) in [6, 6.07) is 11.5. The molecule has 1 aliphatic heterocycles. The molecule has 1 heterocycles. The van der Waals surface area contributed by atoms with Crippen LogP contribution in [0.2, 0.25) is 0 Å². The minimum absolute atomic E-state index is 0.0278. The number of hydrogen-bond donors (Lipinski definition) is 0. The summed E-state index contributed by atoms with van der Waals surface area (Å²) < 4.78 is 107. The third-order valence-electron chi connectivity index (χ3n) is 8.79. The lowest BCUT2D eigenvalue weighted by molar-refractivity contribution is -0.143. The molecule has 250 valence electrons. The van der Waals surface area contributed by atoms with E-state index in [1.54, 1.807) is 36.4 Å². The van der Waals surface area contributed by atoms with Crippen LogP contribution in [0, 0.1) is 11.2 Å². The maximum absolute atomic E-state index is 15.5. The Morgan fingerprint density at radius 1 is 0.936 bits per heavy atom. The Hall–Kier alpha value is -4.35. The summed E-state index contributed by atoms with van der Waals surface area (Å²) in [6.45, 7) is 5.48. The summed E-state index contributed by atoms with van der Waals surface area (Å²) in [5.74, 6) is -0.993. The van der Waals surface area contributed by atoms with Crippen molar-refractivity contribution >= 4 is 17.6 Å². The Bertz CT molecular complexity index is 1690. The topological polar surface area (TPSA) is 55.8 Å². The van der Waals surface area contributed by atoms with Gasteiger partial charge in [0.05, 0.1) is 29.8 Å². The molecular weight excluding hydrogens is 631 g/mol. The van der Waals surface area contributed by atoms with Crippen molar-refractivity contribution in [3.8, 4) is 11.1 Å². The number of esters is 1. The van der Waals surface area contributed by atoms with Crippen LogP contribution < -0.4 is 0 Å². The number of amides is 1. The van der Waals surface area contributed by atoms with Crippen LogP contribution in [0.5, 0.6) is 0 Å². The summed E-state index contributed by atoms with van der Waals surface area (Å²) in [5, 5.41) is 0. The van der Waals surface area contributed by atoms with Crippen molar-refractivity contribution in [2.75, 3.05) is 13.7 Å². The number of hydrogen-bond acceptors (Lipinski definition) is 4. The first-order valence-electron chi connectivity index (χ1n) is 14.8. The molecule has 1 amide bonds. The molecule has 0 aromatic heterocycles. The van der Waals surface area contributed by atoms with E-state index in [-0.39, 0.29) is 18.0 Å². The SMILES string of the molecule is COC(=O)c1ccc(-c2ccc(F)c(C3=C(CN4C(=O)O[C@H](c5cc(C(F)(F)F)cc(C(F)(F)F)c5)[C@@H]4C)CC(C)(C)CC3)c2)cc1. The normalized spacial score (nSPS) is 20.0. The van der Waals surface area contributed by atoms with E-state index in [0.29, 0.717) is 59.2 Å². The molecule has 2 atom stereocenters. The fraction of sp³-hybridized carbons (Fsp3) is 0.371. The number of carbonyl (C=O) groups is 2. The fourth-order valence-corrected chi connectivity index (χ4v) is 6.25. The van der Waals surface area contributed by atoms with Crippen LogP contribution in [-0.2, 0) is 21.8 Å². The van der Waals surface area contributed by atoms with E-state index in [0.717, 1.165) is 5.56 Å². The average molecular weight is 664 g/mol. The number of carbonyl (C=O) groups excluding carboxylic acids is 2. The molecule has 1 aliphatic carbocycles. The minimum atomic E-state index is -5.06. The summed E-state index contributed by atoms with van der Waals surface area (Å²) in [6.07, 6.45) is -10.8. The molecule has 0 N–H and O–H groups in total. The van der Waals surface area contributed by atoms with Crippen LogP contribution in [0.25, 0.3) is 16.7 Å². The van der Waals surface area contributed by atoms with Gasteiger partial charge in [-0.1, -0.05) is 32.0 Å². The number of ether oxygens (including phenoxy) is 2. The Balaban J connectivity index is 1.50. The molecule has 1 fully saturated rings. The summed E-state index contributed by atoms with van der Waals surface area (Å²) in [4.78, 5) is 26.3. The second-order valence-electron chi connectivity index (χ2n) is 12.7. The summed E-state index contributed by atoms with van der Waals surface area (Å²) in [5.41, 5.74) is -0.227. The first-order chi connectivity index (χ1) is 21.9. The molecule has 0 radical (unpaired) electrons. The molecular formula is C35H32F7NO4. The predicted molar refractivity (Wildman–Crippen MR) is 160 cm³/mol. The van der Waals surface area contributed by atoms with Crippen molar-refractivity contribution in [1.82, 2.24) is 4.90 Å². The van der Waals surface area contributed by atoms with E-state index in [4.69, 9.17) is 9.47 Å². The van der Waals surface area contributed by atoms with Gasteiger partial charge in [-0.05, 0) is 102 Å². The van der Waals surface area contributed by atoms with Gasteiger partial charge in [0.15, 0.2) is 0 Å². The van der Waals surface area contributed by atoms with E-state index >= 15 is 4.39 Å². The number of halogens is 7. The minimum Gasteiger partial charge on any atom is -0.465 e. The van der Waals surface area contributed by atoms with Crippen LogP contribution in [0.4, 0.5) is 35.5 Å². The lowest BCUT2D eigenvalue weighted by Crippen LogP contribution is -2.35. The van der Waals surface area contributed by atoms with Crippen LogP contribution >= 0.6 is 0 Å². The van der Waals surface area contributed by atoms with E-state index < -0.39 is 59.1 Å². The van der Waals surface area contributed by atoms with E-state index in [1.165, 1.54) is 25.0 Å². The van der Waals surface area contributed by atoms with Gasteiger partial charge in [0.2, 0.25) is 0 Å². The molecule has 5 rings (SSSR count). The molecule has 5 nitrogen and oxygen atoms in total. The molecule has 0 saturated carbocycles. The van der Waals surface area contributed by atoms with Crippen LogP contribution in [0.3, 0.4) is 0 Å². The zero-order valence-electron chi connectivity index (χ0n) is 26.0. The van der Waals surface area contributed by atoms with Gasteiger partial charge in [-0.3, -0.25) is 4.90 Å². The molecule has 3 aromatic rings. The van der Waals surface area contributed by atoms with Gasteiger partial charge in [0.25, 0.3) is 0 Å². The van der Waals surface area contributed by atoms with Gasteiger partial charge in [0.1, 0.15) is 11.9 Å². The highest BCUT2D eigenvalue weighted by atomic mass is 19.4. The van der Waals surface area contributed by atoms with Gasteiger partial charge < -0.3 is 9.47 Å². The molecule has 1 saturated heterocycles. The Labute approximate surface area is 267 Å². The van der Waals surface area contributed by atoms with Crippen molar-refractivity contribution in [2.45, 2.75) is 64.5 Å². The number of alkyl halides is 6. The van der Waals surface area contributed by atoms with Crippen molar-refractivity contribution in [3.05, 3.63) is 99.9 Å². The van der Waals surface area contributed by atoms with Crippen molar-refractivity contribution in [1.29, 1.82) is 0 Å². The zero-order chi connectivity index (χ0) is 34.5. The summed E-state index contributed by atoms with van der Waals surface area (Å²) >= 11 is 0. The standard InChI is InChI=1S/C35H32F7NO4/c1-19-30(23-13-25(34(37,38)39)16-26(14-23)35(40,41)42)47-32(45)43(19)18-24-17-33(2,3)12-11-27(24)28-15-22(9-10-29(28)36)20-5-7-21(8-6-20)31(44)46-4/h5-10,13-16,19,30H,11-12,17-18H2,1-4H3/t19-,30-/m0/s1. The Morgan fingerprint density at radius 2 is 1.53 bits per heavy atom. The molecule has 47 heavy (non-hydrogen) atoms. The monoisotopic (exact) mass is 663 g/mol. The van der Waals surface area contributed by atoms with Crippen molar-refractivity contribution < 1.29 is 49.8 Å². The second-order valence-corrected chi connectivity index (χ2v) is 12.7. The first-order valence-corrected chi connectivity index (χ1v) is 14.8. The highest BCUT2D eigenvalue weighted by Crippen LogP contribution is 2.46. The highest BCUT2D eigenvalue weighted by Gasteiger charge is 2.44. The molecule has 0 spiro atoms. The zero-order valence-corrected chi connectivity index (χ0v) is 26.0. The van der Waals surface area contributed by atoms with E-state index in [1.807, 2.05) is 13.8 Å². The predicted octanol–water partition coefficient (Wildman–Crippen LogP) is 9.86. The van der Waals surface area contributed by atoms with Crippen LogP contribution in [-0.4, -0.2) is 36.7 Å². The number of allylic oxidation sites excluding steroid dienone is 1. The molecule has 0 bridgehead atoms. The van der Waals surface area contributed by atoms with Crippen molar-refractivity contribution in [3.63, 3.8) is 0 Å². The molecule has 3 aromatic carbocycles. The number of methoxy groups -OCH3 is 1. The van der Waals surface area contributed by atoms with Gasteiger partial charge in [-0.15, -0.1) is 0 Å². The van der Waals surface area contributed by atoms with Crippen LogP contribution in [0.15, 0.2) is 66.2 Å². The lowest BCUT2D eigenvalue weighted by Gasteiger charge is -2.35. The van der Waals surface area contributed by atoms with Gasteiger partial charge in [-0.25, -0.2) is 14.0 Å². The number of cyclic esters (lactones) is 1. The third-order valence-corrected chi connectivity index (χ3v) is 8.79. The smallest absolute Gasteiger partial charge is 0.416 e. The molecule has 0 unspecified atom stereocenters. The van der Waals surface area contributed by atoms with Gasteiger partial charge >= 0.3 is 24.4 Å². The molecule has 12 heteroatoms. The Morgan fingerprint density at radius 3 is 2.11 bits per heavy atom. The van der Waals surface area contributed by atoms with Crippen LogP contribution in [0.1, 0.15) is 78.7 Å². The fourth-order valence-electron chi connectivity index (χ4n) is 6.25. The first kappa shape index (κ1) is 34.0. The highest BCUT2D eigenvalue weighted by molar-refractivity contribution is 5.90. The number of benzene rings is 3. The van der Waals surface area contributed by atoms with Crippen molar-refractivity contribution in [2.24, 2.45) is 5.41 Å². The third kappa shape index (κ3) is 7.16. The quantitative estimate of drug-likeness (QED) is 0.195. The largest absolute Gasteiger partial charge is 0.465 e. The molecule has 2 aliphatic rings. The van der Waals surface area contributed by atoms with Gasteiger partial charge in [0, 0.05) is 12.1 Å². The second kappa shape index (κ2) is 12.4. The number of nitrogens with zero attached hydrogens (tertiary/aromatic N) is 1. The average Bonchev–Trinajstić information content (AvgIpc) is 3.28. The van der Waals surface area contributed by atoms with Gasteiger partial charge in [-0.2, -0.15) is 26.3 Å². The maximum Gasteiger partial charge on any atom is 0.416 e. The summed E-state index contributed by atoms with van der Waals surface area (Å²) in [7, 11) is 1.27.